The van der Waals surface area contributed by atoms with Crippen molar-refractivity contribution >= 4 is 35.5 Å². The summed E-state index contributed by atoms with van der Waals surface area (Å²) in [6, 6.07) is -4.01. The maximum atomic E-state index is 12.2. The second-order valence-electron chi connectivity index (χ2n) is 6.35. The highest BCUT2D eigenvalue weighted by Gasteiger charge is 2.29. The van der Waals surface area contributed by atoms with Crippen molar-refractivity contribution in [2.75, 3.05) is 6.54 Å². The van der Waals surface area contributed by atoms with Crippen LogP contribution in [0.25, 0.3) is 0 Å². The Labute approximate surface area is 160 Å². The molecule has 0 aromatic rings. The molecule has 0 rings (SSSR count). The van der Waals surface area contributed by atoms with Crippen LogP contribution in [0.2, 0.25) is 0 Å². The average Bonchev–Trinajstić information content (AvgIpc) is 2.56. The van der Waals surface area contributed by atoms with Crippen LogP contribution in [0, 0.1) is 5.92 Å². The van der Waals surface area contributed by atoms with Crippen molar-refractivity contribution in [2.24, 2.45) is 23.1 Å². The normalized spacial score (nSPS) is 13.7. The summed E-state index contributed by atoms with van der Waals surface area (Å²) in [7, 11) is 0. The predicted octanol–water partition coefficient (Wildman–Crippen LogP) is -4.11. The van der Waals surface area contributed by atoms with E-state index in [4.69, 9.17) is 22.3 Å². The second kappa shape index (κ2) is 11.5. The van der Waals surface area contributed by atoms with E-state index in [-0.39, 0.29) is 5.92 Å². The zero-order valence-corrected chi connectivity index (χ0v) is 15.6. The Bertz CT molecular complexity index is 636. The Balaban J connectivity index is 4.97. The van der Waals surface area contributed by atoms with Gasteiger partial charge in [0.15, 0.2) is 0 Å². The van der Waals surface area contributed by atoms with E-state index >= 15 is 0 Å². The van der Waals surface area contributed by atoms with Crippen molar-refractivity contribution < 1.29 is 33.9 Å². The van der Waals surface area contributed by atoms with E-state index in [0.29, 0.717) is 0 Å². The van der Waals surface area contributed by atoms with E-state index in [2.05, 4.69) is 10.6 Å². The van der Waals surface area contributed by atoms with Crippen LogP contribution >= 0.6 is 0 Å². The summed E-state index contributed by atoms with van der Waals surface area (Å²) in [5.41, 5.74) is 15.6. The zero-order valence-electron chi connectivity index (χ0n) is 15.6. The van der Waals surface area contributed by atoms with Gasteiger partial charge in [0.05, 0.1) is 25.4 Å². The highest BCUT2D eigenvalue weighted by atomic mass is 16.4. The molecule has 0 aliphatic rings. The van der Waals surface area contributed by atoms with E-state index in [1.54, 1.807) is 13.8 Å². The van der Waals surface area contributed by atoms with Gasteiger partial charge in [0.25, 0.3) is 0 Å². The summed E-state index contributed by atoms with van der Waals surface area (Å²) in [6.45, 7) is 2.89. The Hall–Kier alpha value is -3.22. The van der Waals surface area contributed by atoms with Crippen molar-refractivity contribution in [3.05, 3.63) is 0 Å². The predicted molar refractivity (Wildman–Crippen MR) is 94.9 cm³/mol. The van der Waals surface area contributed by atoms with Gasteiger partial charge in [-0.2, -0.15) is 0 Å². The third-order valence-corrected chi connectivity index (χ3v) is 3.52. The number of carbonyl (C=O) groups excluding carboxylic acids is 5. The molecule has 13 nitrogen and oxygen atoms in total. The Morgan fingerprint density at radius 1 is 0.857 bits per heavy atom. The molecule has 0 saturated carbocycles. The van der Waals surface area contributed by atoms with Gasteiger partial charge in [-0.3, -0.25) is 24.0 Å². The van der Waals surface area contributed by atoms with Crippen LogP contribution < -0.4 is 33.2 Å². The third kappa shape index (κ3) is 9.47. The van der Waals surface area contributed by atoms with Crippen molar-refractivity contribution in [2.45, 2.75) is 44.8 Å². The monoisotopic (exact) mass is 402 g/mol. The fourth-order valence-electron chi connectivity index (χ4n) is 1.92. The first-order valence-corrected chi connectivity index (χ1v) is 8.27. The van der Waals surface area contributed by atoms with Gasteiger partial charge in [0, 0.05) is 0 Å². The van der Waals surface area contributed by atoms with E-state index in [0.717, 1.165) is 0 Å². The maximum absolute atomic E-state index is 12.2. The summed E-state index contributed by atoms with van der Waals surface area (Å²) in [5.74, 6) is -6.13. The Morgan fingerprint density at radius 3 is 1.79 bits per heavy atom. The molecule has 5 amide bonds. The van der Waals surface area contributed by atoms with Crippen molar-refractivity contribution in [1.82, 2.24) is 16.0 Å². The van der Waals surface area contributed by atoms with Crippen molar-refractivity contribution in [1.29, 1.82) is 0 Å². The minimum Gasteiger partial charge on any atom is -0.480 e. The molecule has 0 heterocycles. The van der Waals surface area contributed by atoms with E-state index in [1.165, 1.54) is 0 Å². The standard InChI is InChI=1S/C15H26N6O7/c1-6(2)12(18)14(26)19-5-11(24)20-7(3-9(16)22)13(25)21-8(15(27)28)4-10(17)23/h6-8,12H,3-5,18H2,1-2H3,(H2,16,22)(H2,17,23)(H,19,26)(H,20,24)(H,21,25)(H,27,28). The maximum Gasteiger partial charge on any atom is 0.326 e. The summed E-state index contributed by atoms with van der Waals surface area (Å²) in [6.07, 6.45) is -1.33. The lowest BCUT2D eigenvalue weighted by Crippen LogP contribution is -2.55. The molecule has 3 atom stereocenters. The number of carbonyl (C=O) groups is 6. The molecule has 0 aromatic heterocycles. The minimum atomic E-state index is -1.65. The molecular formula is C15H26N6O7. The number of aliphatic carboxylic acids is 1. The summed E-state index contributed by atoms with van der Waals surface area (Å²) in [5, 5.41) is 15.4. The van der Waals surface area contributed by atoms with Crippen LogP contribution in [-0.4, -0.2) is 65.3 Å². The fraction of sp³-hybridized carbons (Fsp3) is 0.600. The smallest absolute Gasteiger partial charge is 0.326 e. The first-order valence-electron chi connectivity index (χ1n) is 8.27. The van der Waals surface area contributed by atoms with Crippen molar-refractivity contribution in [3.8, 4) is 0 Å². The number of hydrogen-bond donors (Lipinski definition) is 7. The molecule has 13 heteroatoms. The van der Waals surface area contributed by atoms with Crippen LogP contribution in [0.3, 0.4) is 0 Å². The van der Waals surface area contributed by atoms with Gasteiger partial charge in [-0.25, -0.2) is 4.79 Å². The molecule has 0 fully saturated rings. The second-order valence-corrected chi connectivity index (χ2v) is 6.35. The summed E-state index contributed by atoms with van der Waals surface area (Å²) >= 11 is 0. The first-order chi connectivity index (χ1) is 12.8. The highest BCUT2D eigenvalue weighted by molar-refractivity contribution is 5.95. The number of primary amides is 2. The van der Waals surface area contributed by atoms with Crippen LogP contribution in [0.4, 0.5) is 0 Å². The molecule has 0 saturated heterocycles. The van der Waals surface area contributed by atoms with Gasteiger partial charge in [0.2, 0.25) is 29.5 Å². The van der Waals surface area contributed by atoms with Crippen LogP contribution in [0.1, 0.15) is 26.7 Å². The highest BCUT2D eigenvalue weighted by Crippen LogP contribution is 1.99. The Morgan fingerprint density at radius 2 is 1.36 bits per heavy atom. The molecule has 0 aliphatic heterocycles. The summed E-state index contributed by atoms with van der Waals surface area (Å²) in [4.78, 5) is 69.0. The molecule has 3 unspecified atom stereocenters. The number of amides is 5. The molecule has 0 aliphatic carbocycles. The topological polar surface area (TPSA) is 237 Å². The number of rotatable bonds is 12. The van der Waals surface area contributed by atoms with Gasteiger partial charge in [0.1, 0.15) is 12.1 Å². The lowest BCUT2D eigenvalue weighted by Gasteiger charge is -2.20. The minimum absolute atomic E-state index is 0.172. The van der Waals surface area contributed by atoms with Gasteiger partial charge in [-0.1, -0.05) is 13.8 Å². The third-order valence-electron chi connectivity index (χ3n) is 3.52. The van der Waals surface area contributed by atoms with Crippen molar-refractivity contribution in [3.63, 3.8) is 0 Å². The quantitative estimate of drug-likeness (QED) is 0.169. The molecule has 10 N–H and O–H groups in total. The first kappa shape index (κ1) is 24.8. The lowest BCUT2D eigenvalue weighted by molar-refractivity contribution is -0.143. The SMILES string of the molecule is CC(C)C(N)C(=O)NCC(=O)NC(CC(N)=O)C(=O)NC(CC(N)=O)C(=O)O. The number of hydrogen-bond acceptors (Lipinski definition) is 7. The fourth-order valence-corrected chi connectivity index (χ4v) is 1.92. The largest absolute Gasteiger partial charge is 0.480 e. The molecular weight excluding hydrogens is 376 g/mol. The Kier molecular flexibility index (Phi) is 10.2. The van der Waals surface area contributed by atoms with Crippen LogP contribution in [0.5, 0.6) is 0 Å². The number of nitrogens with one attached hydrogen (secondary N) is 3. The van der Waals surface area contributed by atoms with E-state index in [1.807, 2.05) is 5.32 Å². The lowest BCUT2D eigenvalue weighted by atomic mass is 10.1. The number of carboxylic acids is 1. The van der Waals surface area contributed by atoms with Gasteiger partial charge in [-0.05, 0) is 5.92 Å². The number of carboxylic acid groups (broad SMARTS) is 1. The van der Waals surface area contributed by atoms with E-state index < -0.39 is 73.0 Å². The van der Waals surface area contributed by atoms with Gasteiger partial charge >= 0.3 is 5.97 Å². The van der Waals surface area contributed by atoms with Crippen LogP contribution in [-0.2, 0) is 28.8 Å². The van der Waals surface area contributed by atoms with Gasteiger partial charge < -0.3 is 38.3 Å². The molecule has 0 aromatic carbocycles. The average molecular weight is 402 g/mol. The van der Waals surface area contributed by atoms with Crippen LogP contribution in [0.15, 0.2) is 0 Å². The number of nitrogens with two attached hydrogens (primary N) is 3. The molecule has 28 heavy (non-hydrogen) atoms. The molecule has 0 radical (unpaired) electrons. The van der Waals surface area contributed by atoms with Gasteiger partial charge in [-0.15, -0.1) is 0 Å². The molecule has 0 bridgehead atoms. The molecule has 0 spiro atoms. The summed E-state index contributed by atoms with van der Waals surface area (Å²) < 4.78 is 0. The van der Waals surface area contributed by atoms with E-state index in [9.17, 15) is 28.8 Å². The zero-order chi connectivity index (χ0) is 22.0. The molecule has 158 valence electrons.